The van der Waals surface area contributed by atoms with Crippen LogP contribution in [0.15, 0.2) is 10.6 Å². The van der Waals surface area contributed by atoms with Crippen LogP contribution in [0.4, 0.5) is 13.2 Å². The summed E-state index contributed by atoms with van der Waals surface area (Å²) in [6.45, 7) is 0. The van der Waals surface area contributed by atoms with Crippen LogP contribution in [0.1, 0.15) is 25.7 Å². The van der Waals surface area contributed by atoms with Crippen LogP contribution in [-0.4, -0.2) is 6.18 Å². The van der Waals surface area contributed by atoms with E-state index in [0.717, 1.165) is 6.42 Å². The zero-order valence-electron chi connectivity index (χ0n) is 5.84. The molecule has 0 amide bonds. The summed E-state index contributed by atoms with van der Waals surface area (Å²) in [6, 6.07) is 0. The van der Waals surface area contributed by atoms with E-state index in [1.807, 2.05) is 0 Å². The van der Waals surface area contributed by atoms with Crippen LogP contribution in [0, 0.1) is 0 Å². The summed E-state index contributed by atoms with van der Waals surface area (Å²) in [7, 11) is 0. The molecule has 1 aliphatic rings. The first kappa shape index (κ1) is 8.91. The molecule has 64 valence electrons. The first-order valence-corrected chi connectivity index (χ1v) is 3.84. The Morgan fingerprint density at radius 2 is 1.64 bits per heavy atom. The van der Waals surface area contributed by atoms with Gasteiger partial charge in [-0.15, -0.1) is 0 Å². The van der Waals surface area contributed by atoms with Gasteiger partial charge in [0.2, 0.25) is 0 Å². The molecule has 11 heavy (non-hydrogen) atoms. The third-order valence-electron chi connectivity index (χ3n) is 1.74. The second kappa shape index (κ2) is 3.05. The van der Waals surface area contributed by atoms with Gasteiger partial charge in [-0.1, -0.05) is 11.6 Å². The molecule has 0 spiro atoms. The minimum Gasteiger partial charge on any atom is -0.166 e. The van der Waals surface area contributed by atoms with Crippen molar-refractivity contribution in [3.63, 3.8) is 0 Å². The zero-order valence-corrected chi connectivity index (χ0v) is 6.60. The molecular formula is C7H8ClF3. The summed E-state index contributed by atoms with van der Waals surface area (Å²) in [5, 5.41) is 0.00347. The van der Waals surface area contributed by atoms with Crippen molar-refractivity contribution in [3.8, 4) is 0 Å². The number of allylic oxidation sites excluding steroid dienone is 2. The third-order valence-corrected chi connectivity index (χ3v) is 2.16. The van der Waals surface area contributed by atoms with Crippen LogP contribution in [0.3, 0.4) is 0 Å². The first-order valence-electron chi connectivity index (χ1n) is 3.46. The minimum atomic E-state index is -4.21. The molecule has 0 atom stereocenters. The predicted molar refractivity (Wildman–Crippen MR) is 37.4 cm³/mol. The SMILES string of the molecule is FC(F)(F)C1=C(Cl)CCCC1. The van der Waals surface area contributed by atoms with E-state index in [4.69, 9.17) is 11.6 Å². The van der Waals surface area contributed by atoms with E-state index in [1.165, 1.54) is 0 Å². The highest BCUT2D eigenvalue weighted by Gasteiger charge is 2.36. The lowest BCUT2D eigenvalue weighted by Gasteiger charge is -2.18. The molecule has 4 heteroatoms. The van der Waals surface area contributed by atoms with Gasteiger partial charge >= 0.3 is 6.18 Å². The largest absolute Gasteiger partial charge is 0.413 e. The lowest BCUT2D eigenvalue weighted by atomic mass is 9.99. The van der Waals surface area contributed by atoms with E-state index < -0.39 is 11.7 Å². The Hall–Kier alpha value is -0.180. The summed E-state index contributed by atoms with van der Waals surface area (Å²) in [5.74, 6) is 0. The number of alkyl halides is 3. The van der Waals surface area contributed by atoms with E-state index in [0.29, 0.717) is 12.8 Å². The highest BCUT2D eigenvalue weighted by atomic mass is 35.5. The van der Waals surface area contributed by atoms with Crippen LogP contribution >= 0.6 is 11.6 Å². The summed E-state index contributed by atoms with van der Waals surface area (Å²) in [6.07, 6.45) is -2.36. The maximum Gasteiger partial charge on any atom is 0.413 e. The number of hydrogen-bond donors (Lipinski definition) is 0. The molecule has 0 radical (unpaired) electrons. The van der Waals surface area contributed by atoms with Gasteiger partial charge in [-0.05, 0) is 25.7 Å². The van der Waals surface area contributed by atoms with Gasteiger partial charge in [0.15, 0.2) is 0 Å². The number of hydrogen-bond acceptors (Lipinski definition) is 0. The highest BCUT2D eigenvalue weighted by Crippen LogP contribution is 2.38. The third kappa shape index (κ3) is 2.12. The van der Waals surface area contributed by atoms with Gasteiger partial charge in [0.25, 0.3) is 0 Å². The van der Waals surface area contributed by atoms with Crippen LogP contribution in [0.25, 0.3) is 0 Å². The molecule has 0 aromatic carbocycles. The van der Waals surface area contributed by atoms with Crippen molar-refractivity contribution in [3.05, 3.63) is 10.6 Å². The van der Waals surface area contributed by atoms with Gasteiger partial charge in [0, 0.05) is 10.6 Å². The second-order valence-electron chi connectivity index (χ2n) is 2.59. The Morgan fingerprint density at radius 1 is 1.09 bits per heavy atom. The van der Waals surface area contributed by atoms with Crippen molar-refractivity contribution in [1.82, 2.24) is 0 Å². The molecular weight excluding hydrogens is 177 g/mol. The fourth-order valence-corrected chi connectivity index (χ4v) is 1.50. The summed E-state index contributed by atoms with van der Waals surface area (Å²) < 4.78 is 36.1. The molecule has 0 N–H and O–H groups in total. The fourth-order valence-electron chi connectivity index (χ4n) is 1.16. The number of rotatable bonds is 0. The molecule has 1 rings (SSSR count). The van der Waals surface area contributed by atoms with Crippen molar-refractivity contribution in [2.24, 2.45) is 0 Å². The Kier molecular flexibility index (Phi) is 2.47. The molecule has 0 heterocycles. The first-order chi connectivity index (χ1) is 5.02. The monoisotopic (exact) mass is 184 g/mol. The smallest absolute Gasteiger partial charge is 0.166 e. The van der Waals surface area contributed by atoms with Crippen molar-refractivity contribution in [1.29, 1.82) is 0 Å². The minimum absolute atomic E-state index is 0.00347. The van der Waals surface area contributed by atoms with Crippen LogP contribution < -0.4 is 0 Å². The fraction of sp³-hybridized carbons (Fsp3) is 0.714. The quantitative estimate of drug-likeness (QED) is 0.540. The van der Waals surface area contributed by atoms with Crippen molar-refractivity contribution in [2.75, 3.05) is 0 Å². The molecule has 0 unspecified atom stereocenters. The molecule has 0 nitrogen and oxygen atoms in total. The Labute approximate surface area is 68.0 Å². The standard InChI is InChI=1S/C7H8ClF3/c8-6-4-2-1-3-5(6)7(9,10)11/h1-4H2. The molecule has 0 aromatic rings. The van der Waals surface area contributed by atoms with E-state index in [1.54, 1.807) is 0 Å². The van der Waals surface area contributed by atoms with E-state index in [9.17, 15) is 13.2 Å². The molecule has 0 aromatic heterocycles. The maximum atomic E-state index is 12.0. The topological polar surface area (TPSA) is 0 Å². The van der Waals surface area contributed by atoms with Crippen LogP contribution in [0.5, 0.6) is 0 Å². The zero-order chi connectivity index (χ0) is 8.48. The average molecular weight is 185 g/mol. The Balaban J connectivity index is 2.83. The molecule has 1 aliphatic carbocycles. The molecule has 0 saturated carbocycles. The van der Waals surface area contributed by atoms with E-state index >= 15 is 0 Å². The maximum absolute atomic E-state index is 12.0. The summed E-state index contributed by atoms with van der Waals surface area (Å²) >= 11 is 5.43. The summed E-state index contributed by atoms with van der Waals surface area (Å²) in [5.41, 5.74) is -0.523. The van der Waals surface area contributed by atoms with Gasteiger partial charge in [-0.2, -0.15) is 13.2 Å². The van der Waals surface area contributed by atoms with Crippen molar-refractivity contribution < 1.29 is 13.2 Å². The van der Waals surface area contributed by atoms with Crippen LogP contribution in [-0.2, 0) is 0 Å². The van der Waals surface area contributed by atoms with Gasteiger partial charge in [-0.3, -0.25) is 0 Å². The normalized spacial score (nSPS) is 20.7. The lowest BCUT2D eigenvalue weighted by Crippen LogP contribution is -2.15. The van der Waals surface area contributed by atoms with Gasteiger partial charge < -0.3 is 0 Å². The summed E-state index contributed by atoms with van der Waals surface area (Å²) in [4.78, 5) is 0. The predicted octanol–water partition coefficient (Wildman–Crippen LogP) is 3.62. The average Bonchev–Trinajstić information content (AvgIpc) is 1.86. The van der Waals surface area contributed by atoms with E-state index in [2.05, 4.69) is 0 Å². The van der Waals surface area contributed by atoms with E-state index in [-0.39, 0.29) is 11.5 Å². The second-order valence-corrected chi connectivity index (χ2v) is 3.04. The molecule has 0 fully saturated rings. The number of halogens is 4. The Bertz CT molecular complexity index is 181. The highest BCUT2D eigenvalue weighted by molar-refractivity contribution is 6.30. The van der Waals surface area contributed by atoms with Gasteiger partial charge in [-0.25, -0.2) is 0 Å². The molecule has 0 saturated heterocycles. The molecule has 0 bridgehead atoms. The lowest BCUT2D eigenvalue weighted by molar-refractivity contribution is -0.0953. The van der Waals surface area contributed by atoms with Gasteiger partial charge in [0.1, 0.15) is 0 Å². The molecule has 0 aliphatic heterocycles. The van der Waals surface area contributed by atoms with Crippen LogP contribution in [0.2, 0.25) is 0 Å². The van der Waals surface area contributed by atoms with Crippen molar-refractivity contribution in [2.45, 2.75) is 31.9 Å². The van der Waals surface area contributed by atoms with Crippen molar-refractivity contribution >= 4 is 11.6 Å². The Morgan fingerprint density at radius 3 is 2.00 bits per heavy atom. The van der Waals surface area contributed by atoms with Gasteiger partial charge in [0.05, 0.1) is 0 Å².